The van der Waals surface area contributed by atoms with E-state index in [2.05, 4.69) is 10.3 Å². The minimum Gasteiger partial charge on any atom is -0.438 e. The Hall–Kier alpha value is -2.77. The van der Waals surface area contributed by atoms with Crippen LogP contribution in [0, 0.1) is 0 Å². The molecule has 1 N–H and O–H groups in total. The highest BCUT2D eigenvalue weighted by Gasteiger charge is 2.26. The molecule has 1 aliphatic heterocycles. The van der Waals surface area contributed by atoms with Gasteiger partial charge in [0.1, 0.15) is 0 Å². The van der Waals surface area contributed by atoms with Crippen molar-refractivity contribution in [2.75, 3.05) is 18.0 Å². The fourth-order valence-corrected chi connectivity index (χ4v) is 2.86. The van der Waals surface area contributed by atoms with Gasteiger partial charge in [-0.2, -0.15) is 0 Å². The summed E-state index contributed by atoms with van der Waals surface area (Å²) in [7, 11) is 0. The van der Waals surface area contributed by atoms with Gasteiger partial charge in [-0.1, -0.05) is 18.2 Å². The summed E-state index contributed by atoms with van der Waals surface area (Å²) >= 11 is 0. The Morgan fingerprint density at radius 2 is 2.08 bits per heavy atom. The van der Waals surface area contributed by atoms with Crippen molar-refractivity contribution in [3.05, 3.63) is 47.7 Å². The van der Waals surface area contributed by atoms with E-state index < -0.39 is 23.8 Å². The van der Waals surface area contributed by atoms with Gasteiger partial charge in [0.05, 0.1) is 6.54 Å². The van der Waals surface area contributed by atoms with Crippen molar-refractivity contribution in [3.63, 3.8) is 0 Å². The Kier molecular flexibility index (Phi) is 5.06. The molecule has 2 aromatic rings. The molecule has 0 atom stereocenters. The second-order valence-corrected chi connectivity index (χ2v) is 5.68. The van der Waals surface area contributed by atoms with E-state index in [9.17, 15) is 18.4 Å². The second kappa shape index (κ2) is 7.42. The number of para-hydroxylation sites is 1. The van der Waals surface area contributed by atoms with E-state index in [4.69, 9.17) is 4.42 Å². The van der Waals surface area contributed by atoms with Crippen LogP contribution >= 0.6 is 0 Å². The first-order chi connectivity index (χ1) is 12.1. The molecular formula is C17H17F2N3O3. The molecule has 0 fully saturated rings. The van der Waals surface area contributed by atoms with E-state index in [1.54, 1.807) is 4.90 Å². The summed E-state index contributed by atoms with van der Waals surface area (Å²) in [6.07, 6.45) is 0.577. The Labute approximate surface area is 142 Å². The van der Waals surface area contributed by atoms with Crippen LogP contribution in [0.2, 0.25) is 0 Å². The standard InChI is InChI=1S/C17H17F2N3O3/c18-16(19)14-15(25-10-21-14)17(24)20-9-13(23)22-8-4-3-6-11-5-1-2-7-12(11)22/h1-2,5,7,10,16H,3-4,6,8-9H2,(H,20,24). The maximum atomic E-state index is 12.7. The van der Waals surface area contributed by atoms with Crippen molar-refractivity contribution in [2.24, 2.45) is 0 Å². The Bertz CT molecular complexity index is 776. The van der Waals surface area contributed by atoms with Crippen LogP contribution in [0.4, 0.5) is 14.5 Å². The normalized spacial score (nSPS) is 14.1. The lowest BCUT2D eigenvalue weighted by Crippen LogP contribution is -2.41. The van der Waals surface area contributed by atoms with Crippen LogP contribution < -0.4 is 10.2 Å². The van der Waals surface area contributed by atoms with Gasteiger partial charge in [-0.15, -0.1) is 0 Å². The van der Waals surface area contributed by atoms with E-state index >= 15 is 0 Å². The second-order valence-electron chi connectivity index (χ2n) is 5.68. The molecule has 2 amide bonds. The van der Waals surface area contributed by atoms with Crippen molar-refractivity contribution < 1.29 is 22.8 Å². The van der Waals surface area contributed by atoms with Crippen LogP contribution in [0.15, 0.2) is 35.1 Å². The Morgan fingerprint density at radius 3 is 2.88 bits per heavy atom. The van der Waals surface area contributed by atoms with Crippen LogP contribution in [0.5, 0.6) is 0 Å². The van der Waals surface area contributed by atoms with Crippen LogP contribution in [0.1, 0.15) is 41.1 Å². The molecule has 0 bridgehead atoms. The monoisotopic (exact) mass is 349 g/mol. The number of nitrogens with one attached hydrogen (secondary N) is 1. The molecule has 0 radical (unpaired) electrons. The number of alkyl halides is 2. The third-order valence-corrected chi connectivity index (χ3v) is 4.07. The van der Waals surface area contributed by atoms with Gasteiger partial charge in [0.2, 0.25) is 11.7 Å². The van der Waals surface area contributed by atoms with Crippen molar-refractivity contribution >= 4 is 17.5 Å². The summed E-state index contributed by atoms with van der Waals surface area (Å²) in [5, 5.41) is 2.33. The predicted octanol–water partition coefficient (Wildman–Crippen LogP) is 2.71. The number of hydrogen-bond acceptors (Lipinski definition) is 4. The molecule has 132 valence electrons. The number of fused-ring (bicyclic) bond motifs is 1. The molecule has 0 spiro atoms. The maximum absolute atomic E-state index is 12.7. The van der Waals surface area contributed by atoms with E-state index in [-0.39, 0.29) is 12.5 Å². The molecule has 1 aromatic heterocycles. The quantitative estimate of drug-likeness (QED) is 0.921. The van der Waals surface area contributed by atoms with E-state index in [0.717, 1.165) is 36.9 Å². The highest BCUT2D eigenvalue weighted by molar-refractivity contribution is 6.00. The number of carbonyl (C=O) groups is 2. The number of nitrogens with zero attached hydrogens (tertiary/aromatic N) is 2. The largest absolute Gasteiger partial charge is 0.438 e. The number of benzene rings is 1. The van der Waals surface area contributed by atoms with E-state index in [1.165, 1.54) is 0 Å². The lowest BCUT2D eigenvalue weighted by Gasteiger charge is -2.23. The van der Waals surface area contributed by atoms with Gasteiger partial charge in [0, 0.05) is 12.2 Å². The molecule has 0 unspecified atom stereocenters. The molecule has 2 heterocycles. The van der Waals surface area contributed by atoms with Crippen LogP contribution in [0.25, 0.3) is 0 Å². The SMILES string of the molecule is O=C(NCC(=O)N1CCCCc2ccccc21)c1ocnc1C(F)F. The molecule has 25 heavy (non-hydrogen) atoms. The number of oxazole rings is 1. The molecular weight excluding hydrogens is 332 g/mol. The summed E-state index contributed by atoms with van der Waals surface area (Å²) in [6, 6.07) is 7.62. The maximum Gasteiger partial charge on any atom is 0.289 e. The van der Waals surface area contributed by atoms with Gasteiger partial charge < -0.3 is 14.6 Å². The molecule has 8 heteroatoms. The minimum absolute atomic E-state index is 0.305. The molecule has 1 aromatic carbocycles. The number of anilines is 1. The van der Waals surface area contributed by atoms with Gasteiger partial charge in [0.25, 0.3) is 12.3 Å². The number of amides is 2. The first-order valence-electron chi connectivity index (χ1n) is 7.96. The number of aryl methyl sites for hydroxylation is 1. The van der Waals surface area contributed by atoms with Crippen LogP contribution in [-0.4, -0.2) is 29.9 Å². The fourth-order valence-electron chi connectivity index (χ4n) is 2.86. The van der Waals surface area contributed by atoms with Crippen molar-refractivity contribution in [1.29, 1.82) is 0 Å². The Morgan fingerprint density at radius 1 is 1.28 bits per heavy atom. The highest BCUT2D eigenvalue weighted by atomic mass is 19.3. The van der Waals surface area contributed by atoms with Gasteiger partial charge in [-0.05, 0) is 30.9 Å². The van der Waals surface area contributed by atoms with Gasteiger partial charge in [-0.3, -0.25) is 9.59 Å². The highest BCUT2D eigenvalue weighted by Crippen LogP contribution is 2.26. The molecule has 0 saturated heterocycles. The van der Waals surface area contributed by atoms with Crippen molar-refractivity contribution in [3.8, 4) is 0 Å². The van der Waals surface area contributed by atoms with E-state index in [1.807, 2.05) is 24.3 Å². The predicted molar refractivity (Wildman–Crippen MR) is 85.5 cm³/mol. The topological polar surface area (TPSA) is 75.4 Å². The number of hydrogen-bond donors (Lipinski definition) is 1. The molecule has 0 saturated carbocycles. The van der Waals surface area contributed by atoms with E-state index in [0.29, 0.717) is 6.54 Å². The van der Waals surface area contributed by atoms with Gasteiger partial charge in [0.15, 0.2) is 12.1 Å². The zero-order chi connectivity index (χ0) is 17.8. The first kappa shape index (κ1) is 17.1. The third kappa shape index (κ3) is 3.67. The molecule has 6 nitrogen and oxygen atoms in total. The summed E-state index contributed by atoms with van der Waals surface area (Å²) < 4.78 is 30.2. The number of aromatic nitrogens is 1. The smallest absolute Gasteiger partial charge is 0.289 e. The van der Waals surface area contributed by atoms with Gasteiger partial charge in [-0.25, -0.2) is 13.8 Å². The number of rotatable bonds is 4. The fraction of sp³-hybridized carbons (Fsp3) is 0.353. The third-order valence-electron chi connectivity index (χ3n) is 4.07. The minimum atomic E-state index is -2.92. The molecule has 1 aliphatic rings. The lowest BCUT2D eigenvalue weighted by molar-refractivity contribution is -0.117. The molecule has 0 aliphatic carbocycles. The average Bonchev–Trinajstić information content (AvgIpc) is 3.00. The average molecular weight is 349 g/mol. The van der Waals surface area contributed by atoms with Gasteiger partial charge >= 0.3 is 0 Å². The lowest BCUT2D eigenvalue weighted by atomic mass is 10.1. The first-order valence-corrected chi connectivity index (χ1v) is 7.96. The summed E-state index contributed by atoms with van der Waals surface area (Å²) in [4.78, 5) is 29.5. The summed E-state index contributed by atoms with van der Waals surface area (Å²) in [6.45, 7) is 0.243. The van der Waals surface area contributed by atoms with Crippen LogP contribution in [0.3, 0.4) is 0 Å². The van der Waals surface area contributed by atoms with Crippen LogP contribution in [-0.2, 0) is 11.2 Å². The zero-order valence-corrected chi connectivity index (χ0v) is 13.4. The zero-order valence-electron chi connectivity index (χ0n) is 13.4. The van der Waals surface area contributed by atoms with Crippen molar-refractivity contribution in [2.45, 2.75) is 25.7 Å². The summed E-state index contributed by atoms with van der Waals surface area (Å²) in [5.74, 6) is -1.76. The Balaban J connectivity index is 1.68. The molecule has 3 rings (SSSR count). The number of halogens is 2. The van der Waals surface area contributed by atoms with Crippen molar-refractivity contribution in [1.82, 2.24) is 10.3 Å². The number of carbonyl (C=O) groups excluding carboxylic acids is 2. The summed E-state index contributed by atoms with van der Waals surface area (Å²) in [5.41, 5.74) is 1.17.